The fourth-order valence-electron chi connectivity index (χ4n) is 0.829. The molecule has 3 nitrogen and oxygen atoms in total. The molecule has 1 aromatic carbocycles. The summed E-state index contributed by atoms with van der Waals surface area (Å²) in [6.07, 6.45) is 6.92. The first-order valence-electron chi connectivity index (χ1n) is 4.63. The quantitative estimate of drug-likeness (QED) is 0.640. The highest BCUT2D eigenvalue weighted by atomic mass is 32.3. The maximum Gasteiger partial charge on any atom is 0.522 e. The van der Waals surface area contributed by atoms with E-state index in [4.69, 9.17) is 13.0 Å². The number of hydrogen-bond donors (Lipinski definition) is 1. The molecule has 0 aliphatic carbocycles. The average Bonchev–Trinajstić information content (AvgIpc) is 2.15. The molecule has 1 aromatic rings. The molecule has 0 aliphatic rings. The third kappa shape index (κ3) is 6.27. The number of hydrogen-bond acceptors (Lipinski definition) is 2. The molecule has 0 spiro atoms. The highest BCUT2D eigenvalue weighted by Crippen LogP contribution is 2.44. The maximum absolute atomic E-state index is 10.7. The Morgan fingerprint density at radius 1 is 1.00 bits per heavy atom. The van der Waals surface area contributed by atoms with Gasteiger partial charge < -0.3 is 0 Å². The number of halogens is 3. The van der Waals surface area contributed by atoms with E-state index in [0.717, 1.165) is 0 Å². The molecule has 0 saturated carbocycles. The topological polar surface area (TPSA) is 54.4 Å². The van der Waals surface area contributed by atoms with E-state index in [-0.39, 0.29) is 0 Å². The molecule has 0 unspecified atom stereocenters. The van der Waals surface area contributed by atoms with Crippen molar-refractivity contribution in [1.82, 2.24) is 0 Å². The lowest BCUT2D eigenvalue weighted by Crippen LogP contribution is -2.21. The number of benzene rings is 1. The monoisotopic (exact) mass is 304 g/mol. The SMILES string of the molecule is CS(C)(C)c1ccccc1.O=S(=O)(O)C(F)(F)F. The van der Waals surface area contributed by atoms with E-state index in [1.807, 2.05) is 0 Å². The Bertz CT molecular complexity index is 461. The first-order valence-corrected chi connectivity index (χ1v) is 8.92. The second kappa shape index (κ2) is 5.94. The second-order valence-electron chi connectivity index (χ2n) is 4.07. The van der Waals surface area contributed by atoms with E-state index >= 15 is 0 Å². The van der Waals surface area contributed by atoms with Crippen LogP contribution >= 0.6 is 10.0 Å². The lowest BCUT2D eigenvalue weighted by molar-refractivity contribution is -0.0510. The Hall–Kier alpha value is -0.730. The van der Waals surface area contributed by atoms with Crippen LogP contribution in [0.3, 0.4) is 0 Å². The third-order valence-corrected chi connectivity index (χ3v) is 4.01. The first-order chi connectivity index (χ1) is 7.86. The molecule has 0 bridgehead atoms. The summed E-state index contributed by atoms with van der Waals surface area (Å²) in [7, 11) is -6.34. The van der Waals surface area contributed by atoms with E-state index in [9.17, 15) is 13.2 Å². The Morgan fingerprint density at radius 3 is 1.50 bits per heavy atom. The summed E-state index contributed by atoms with van der Waals surface area (Å²) in [4.78, 5) is 1.48. The summed E-state index contributed by atoms with van der Waals surface area (Å²) < 4.78 is 57.5. The molecule has 0 radical (unpaired) electrons. The van der Waals surface area contributed by atoms with Gasteiger partial charge in [0.15, 0.2) is 0 Å². The van der Waals surface area contributed by atoms with Crippen LogP contribution in [0.4, 0.5) is 13.2 Å². The molecule has 1 N–H and O–H groups in total. The van der Waals surface area contributed by atoms with Crippen LogP contribution in [0.2, 0.25) is 0 Å². The van der Waals surface area contributed by atoms with E-state index < -0.39 is 25.7 Å². The zero-order chi connectivity index (χ0) is 14.6. The normalized spacial score (nSPS) is 13.5. The Kier molecular flexibility index (Phi) is 5.70. The van der Waals surface area contributed by atoms with Crippen LogP contribution in [-0.4, -0.2) is 37.2 Å². The Labute approximate surface area is 106 Å². The zero-order valence-electron chi connectivity index (χ0n) is 10.1. The highest BCUT2D eigenvalue weighted by molar-refractivity contribution is 8.32. The predicted octanol–water partition coefficient (Wildman–Crippen LogP) is 3.13. The molecule has 106 valence electrons. The van der Waals surface area contributed by atoms with Crippen LogP contribution in [0.5, 0.6) is 0 Å². The van der Waals surface area contributed by atoms with Crippen LogP contribution in [0.1, 0.15) is 0 Å². The zero-order valence-corrected chi connectivity index (χ0v) is 11.7. The second-order valence-corrected chi connectivity index (χ2v) is 9.63. The fraction of sp³-hybridized carbons (Fsp3) is 0.400. The minimum atomic E-state index is -5.84. The summed E-state index contributed by atoms with van der Waals surface area (Å²) in [5.74, 6) is 0. The van der Waals surface area contributed by atoms with Gasteiger partial charge in [0, 0.05) is 0 Å². The first kappa shape index (κ1) is 17.3. The molecule has 0 amide bonds. The van der Waals surface area contributed by atoms with E-state index in [1.165, 1.54) is 4.90 Å². The van der Waals surface area contributed by atoms with Gasteiger partial charge in [-0.15, -0.1) is 0 Å². The molecular weight excluding hydrogens is 289 g/mol. The minimum Gasteiger partial charge on any atom is -0.279 e. The van der Waals surface area contributed by atoms with Gasteiger partial charge in [0.25, 0.3) is 0 Å². The molecule has 0 heterocycles. The van der Waals surface area contributed by atoms with Crippen molar-refractivity contribution in [3.05, 3.63) is 30.3 Å². The summed E-state index contributed by atoms with van der Waals surface area (Å²) in [6.45, 7) is 0. The summed E-state index contributed by atoms with van der Waals surface area (Å²) in [5, 5.41) is 0. The van der Waals surface area contributed by atoms with Gasteiger partial charge in [-0.3, -0.25) is 4.55 Å². The van der Waals surface area contributed by atoms with Crippen molar-refractivity contribution in [2.45, 2.75) is 10.4 Å². The van der Waals surface area contributed by atoms with Gasteiger partial charge in [0.1, 0.15) is 0 Å². The van der Waals surface area contributed by atoms with Crippen LogP contribution in [-0.2, 0) is 10.1 Å². The molecule has 0 aliphatic heterocycles. The van der Waals surface area contributed by atoms with Gasteiger partial charge >= 0.3 is 15.6 Å². The van der Waals surface area contributed by atoms with Gasteiger partial charge in [-0.25, -0.2) is 10.0 Å². The Morgan fingerprint density at radius 2 is 1.33 bits per heavy atom. The predicted molar refractivity (Wildman–Crippen MR) is 67.7 cm³/mol. The van der Waals surface area contributed by atoms with E-state index in [2.05, 4.69) is 49.1 Å². The summed E-state index contributed by atoms with van der Waals surface area (Å²) >= 11 is 0. The standard InChI is InChI=1S/C9H14S.CHF3O3S/c1-10(2,3)9-7-5-4-6-8-9;2-1(3,4)8(5,6)7/h4-8H,1-3H3;(H,5,6,7). The van der Waals surface area contributed by atoms with Crippen molar-refractivity contribution >= 4 is 20.1 Å². The van der Waals surface area contributed by atoms with Crippen LogP contribution in [0.25, 0.3) is 0 Å². The maximum atomic E-state index is 10.7. The van der Waals surface area contributed by atoms with Gasteiger partial charge in [0.05, 0.1) is 0 Å². The molecular formula is C10H15F3O3S2. The Balaban J connectivity index is 0.000000331. The molecule has 0 fully saturated rings. The van der Waals surface area contributed by atoms with Crippen molar-refractivity contribution in [2.24, 2.45) is 0 Å². The van der Waals surface area contributed by atoms with Crippen LogP contribution < -0.4 is 0 Å². The summed E-state index contributed by atoms with van der Waals surface area (Å²) in [6, 6.07) is 10.7. The lowest BCUT2D eigenvalue weighted by atomic mass is 10.4. The van der Waals surface area contributed by atoms with Crippen LogP contribution in [0, 0.1) is 0 Å². The molecule has 0 aromatic heterocycles. The van der Waals surface area contributed by atoms with Gasteiger partial charge in [-0.05, 0) is 23.7 Å². The fourth-order valence-corrected chi connectivity index (χ4v) is 1.80. The van der Waals surface area contributed by atoms with Gasteiger partial charge in [-0.1, -0.05) is 30.3 Å². The number of rotatable bonds is 1. The molecule has 18 heavy (non-hydrogen) atoms. The lowest BCUT2D eigenvalue weighted by Gasteiger charge is -2.25. The van der Waals surface area contributed by atoms with Crippen molar-refractivity contribution in [3.8, 4) is 0 Å². The molecule has 0 atom stereocenters. The third-order valence-electron chi connectivity index (χ3n) is 1.74. The van der Waals surface area contributed by atoms with E-state index in [1.54, 1.807) is 0 Å². The van der Waals surface area contributed by atoms with Crippen molar-refractivity contribution in [3.63, 3.8) is 0 Å². The average molecular weight is 304 g/mol. The smallest absolute Gasteiger partial charge is 0.279 e. The molecule has 8 heteroatoms. The van der Waals surface area contributed by atoms with Crippen LogP contribution in [0.15, 0.2) is 35.2 Å². The van der Waals surface area contributed by atoms with E-state index in [0.29, 0.717) is 0 Å². The summed E-state index contributed by atoms with van der Waals surface area (Å²) in [5.41, 5.74) is -5.53. The van der Waals surface area contributed by atoms with Gasteiger partial charge in [-0.2, -0.15) is 21.6 Å². The van der Waals surface area contributed by atoms with Crippen molar-refractivity contribution in [1.29, 1.82) is 0 Å². The number of alkyl halides is 3. The van der Waals surface area contributed by atoms with Crippen molar-refractivity contribution < 1.29 is 26.1 Å². The highest BCUT2D eigenvalue weighted by Gasteiger charge is 2.44. The van der Waals surface area contributed by atoms with Crippen molar-refractivity contribution in [2.75, 3.05) is 18.8 Å². The molecule has 1 rings (SSSR count). The van der Waals surface area contributed by atoms with Gasteiger partial charge in [0.2, 0.25) is 0 Å². The molecule has 0 saturated heterocycles. The largest absolute Gasteiger partial charge is 0.522 e. The minimum absolute atomic E-state index is 0.503.